The molecule has 0 aromatic carbocycles. The first kappa shape index (κ1) is 14.5. The van der Waals surface area contributed by atoms with Gasteiger partial charge in [0.1, 0.15) is 0 Å². The van der Waals surface area contributed by atoms with E-state index in [-0.39, 0.29) is 5.92 Å². The molecule has 1 atom stereocenters. The van der Waals surface area contributed by atoms with Crippen molar-refractivity contribution in [3.8, 4) is 0 Å². The standard InChI is InChI=1S/C13H25NO3/c1-2-3-8-17-14-10-12(13(15)16)9-11-6-4-5-7-11/h11-12,14H,2-10H2,1H3,(H,15,16). The normalized spacial score (nSPS) is 18.4. The molecule has 0 aromatic heterocycles. The maximum Gasteiger partial charge on any atom is 0.307 e. The summed E-state index contributed by atoms with van der Waals surface area (Å²) in [6.45, 7) is 3.19. The largest absolute Gasteiger partial charge is 0.481 e. The molecule has 1 saturated carbocycles. The van der Waals surface area contributed by atoms with Crippen molar-refractivity contribution >= 4 is 5.97 Å². The Morgan fingerprint density at radius 1 is 1.47 bits per heavy atom. The van der Waals surface area contributed by atoms with Gasteiger partial charge in [-0.2, -0.15) is 0 Å². The molecule has 1 rings (SSSR count). The molecule has 1 fully saturated rings. The van der Waals surface area contributed by atoms with Gasteiger partial charge in [0.15, 0.2) is 0 Å². The summed E-state index contributed by atoms with van der Waals surface area (Å²) in [5.74, 6) is -0.406. The summed E-state index contributed by atoms with van der Waals surface area (Å²) in [7, 11) is 0. The average molecular weight is 243 g/mol. The van der Waals surface area contributed by atoms with Crippen molar-refractivity contribution in [2.45, 2.75) is 51.9 Å². The highest BCUT2D eigenvalue weighted by Gasteiger charge is 2.24. The zero-order chi connectivity index (χ0) is 12.5. The van der Waals surface area contributed by atoms with Crippen LogP contribution in [0.1, 0.15) is 51.9 Å². The molecule has 1 aliphatic carbocycles. The fraction of sp³-hybridized carbons (Fsp3) is 0.923. The Balaban J connectivity index is 2.16. The van der Waals surface area contributed by atoms with Crippen molar-refractivity contribution in [1.82, 2.24) is 5.48 Å². The fourth-order valence-electron chi connectivity index (χ4n) is 2.37. The molecule has 0 saturated heterocycles. The predicted molar refractivity (Wildman–Crippen MR) is 66.6 cm³/mol. The molecule has 17 heavy (non-hydrogen) atoms. The molecular weight excluding hydrogens is 218 g/mol. The number of hydroxylamine groups is 1. The second-order valence-electron chi connectivity index (χ2n) is 4.97. The number of hydrogen-bond acceptors (Lipinski definition) is 3. The van der Waals surface area contributed by atoms with Gasteiger partial charge in [-0.25, -0.2) is 5.48 Å². The molecule has 1 aliphatic rings. The van der Waals surface area contributed by atoms with Crippen LogP contribution < -0.4 is 5.48 Å². The van der Waals surface area contributed by atoms with E-state index in [9.17, 15) is 4.79 Å². The fourth-order valence-corrected chi connectivity index (χ4v) is 2.37. The summed E-state index contributed by atoms with van der Waals surface area (Å²) in [5, 5.41) is 9.14. The van der Waals surface area contributed by atoms with Gasteiger partial charge in [-0.1, -0.05) is 39.0 Å². The van der Waals surface area contributed by atoms with Crippen LogP contribution in [0.15, 0.2) is 0 Å². The van der Waals surface area contributed by atoms with Crippen molar-refractivity contribution in [1.29, 1.82) is 0 Å². The van der Waals surface area contributed by atoms with E-state index in [4.69, 9.17) is 9.94 Å². The second-order valence-corrected chi connectivity index (χ2v) is 4.97. The highest BCUT2D eigenvalue weighted by atomic mass is 16.6. The van der Waals surface area contributed by atoms with Crippen LogP contribution in [0.3, 0.4) is 0 Å². The molecule has 0 aromatic rings. The topological polar surface area (TPSA) is 58.6 Å². The number of carbonyl (C=O) groups is 1. The van der Waals surface area contributed by atoms with Gasteiger partial charge in [0.25, 0.3) is 0 Å². The average Bonchev–Trinajstić information content (AvgIpc) is 2.79. The minimum Gasteiger partial charge on any atom is -0.481 e. The minimum absolute atomic E-state index is 0.306. The number of carboxylic acid groups (broad SMARTS) is 1. The van der Waals surface area contributed by atoms with E-state index in [0.717, 1.165) is 19.3 Å². The van der Waals surface area contributed by atoms with Crippen LogP contribution in [-0.4, -0.2) is 24.2 Å². The lowest BCUT2D eigenvalue weighted by Crippen LogP contribution is -2.30. The van der Waals surface area contributed by atoms with Gasteiger partial charge in [0, 0.05) is 6.54 Å². The summed E-state index contributed by atoms with van der Waals surface area (Å²) in [4.78, 5) is 16.3. The molecular formula is C13H25NO3. The molecule has 0 amide bonds. The zero-order valence-electron chi connectivity index (χ0n) is 10.8. The summed E-state index contributed by atoms with van der Waals surface area (Å²) >= 11 is 0. The van der Waals surface area contributed by atoms with Gasteiger partial charge in [0.05, 0.1) is 12.5 Å². The Hall–Kier alpha value is -0.610. The third kappa shape index (κ3) is 6.03. The first-order valence-electron chi connectivity index (χ1n) is 6.81. The summed E-state index contributed by atoms with van der Waals surface area (Å²) in [6, 6.07) is 0. The minimum atomic E-state index is -0.705. The summed E-state index contributed by atoms with van der Waals surface area (Å²) in [5.41, 5.74) is 2.79. The van der Waals surface area contributed by atoms with Crippen LogP contribution in [0, 0.1) is 11.8 Å². The van der Waals surface area contributed by atoms with E-state index in [1.807, 2.05) is 0 Å². The molecule has 4 nitrogen and oxygen atoms in total. The van der Waals surface area contributed by atoms with Crippen molar-refractivity contribution in [2.24, 2.45) is 11.8 Å². The van der Waals surface area contributed by atoms with E-state index in [1.165, 1.54) is 25.7 Å². The Morgan fingerprint density at radius 2 is 2.18 bits per heavy atom. The van der Waals surface area contributed by atoms with Gasteiger partial charge < -0.3 is 9.94 Å². The number of nitrogens with one attached hydrogen (secondary N) is 1. The maximum absolute atomic E-state index is 11.1. The Bertz CT molecular complexity index is 215. The van der Waals surface area contributed by atoms with Crippen LogP contribution in [0.2, 0.25) is 0 Å². The van der Waals surface area contributed by atoms with E-state index in [1.54, 1.807) is 0 Å². The lowest BCUT2D eigenvalue weighted by Gasteiger charge is -2.17. The Morgan fingerprint density at radius 3 is 2.76 bits per heavy atom. The number of carboxylic acids is 1. The van der Waals surface area contributed by atoms with Crippen molar-refractivity contribution in [3.63, 3.8) is 0 Å². The number of unbranched alkanes of at least 4 members (excludes halogenated alkanes) is 1. The third-order valence-corrected chi connectivity index (χ3v) is 3.47. The van der Waals surface area contributed by atoms with Crippen LogP contribution in [0.4, 0.5) is 0 Å². The highest BCUT2D eigenvalue weighted by Crippen LogP contribution is 2.30. The number of aliphatic carboxylic acids is 1. The second kappa shape index (κ2) is 8.48. The molecule has 0 heterocycles. The van der Waals surface area contributed by atoms with Crippen LogP contribution in [0.5, 0.6) is 0 Å². The lowest BCUT2D eigenvalue weighted by atomic mass is 9.93. The predicted octanol–water partition coefficient (Wildman–Crippen LogP) is 2.59. The van der Waals surface area contributed by atoms with Crippen molar-refractivity contribution < 1.29 is 14.7 Å². The van der Waals surface area contributed by atoms with Gasteiger partial charge in [0.2, 0.25) is 0 Å². The third-order valence-electron chi connectivity index (χ3n) is 3.47. The van der Waals surface area contributed by atoms with Gasteiger partial charge >= 0.3 is 5.97 Å². The molecule has 2 N–H and O–H groups in total. The molecule has 1 unspecified atom stereocenters. The first-order chi connectivity index (χ1) is 8.24. The summed E-state index contributed by atoms with van der Waals surface area (Å²) < 4.78 is 0. The number of hydrogen-bond donors (Lipinski definition) is 2. The molecule has 0 spiro atoms. The first-order valence-corrected chi connectivity index (χ1v) is 6.81. The lowest BCUT2D eigenvalue weighted by molar-refractivity contribution is -0.143. The Kier molecular flexibility index (Phi) is 7.21. The van der Waals surface area contributed by atoms with E-state index < -0.39 is 5.97 Å². The molecule has 4 heteroatoms. The van der Waals surface area contributed by atoms with E-state index >= 15 is 0 Å². The zero-order valence-corrected chi connectivity index (χ0v) is 10.8. The SMILES string of the molecule is CCCCONCC(CC1CCCC1)C(=O)O. The molecule has 0 radical (unpaired) electrons. The van der Waals surface area contributed by atoms with Crippen molar-refractivity contribution in [2.75, 3.05) is 13.2 Å². The van der Waals surface area contributed by atoms with Gasteiger partial charge in [-0.15, -0.1) is 0 Å². The summed E-state index contributed by atoms with van der Waals surface area (Å²) in [6.07, 6.45) is 7.80. The van der Waals surface area contributed by atoms with Crippen LogP contribution in [0.25, 0.3) is 0 Å². The van der Waals surface area contributed by atoms with Crippen molar-refractivity contribution in [3.05, 3.63) is 0 Å². The van der Waals surface area contributed by atoms with Gasteiger partial charge in [-0.3, -0.25) is 4.79 Å². The Labute approximate surface area is 104 Å². The monoisotopic (exact) mass is 243 g/mol. The smallest absolute Gasteiger partial charge is 0.307 e. The maximum atomic E-state index is 11.1. The quantitative estimate of drug-likeness (QED) is 0.483. The van der Waals surface area contributed by atoms with Gasteiger partial charge in [-0.05, 0) is 18.8 Å². The van der Waals surface area contributed by atoms with E-state index in [0.29, 0.717) is 19.1 Å². The molecule has 0 aliphatic heterocycles. The van der Waals surface area contributed by atoms with Crippen LogP contribution in [-0.2, 0) is 9.63 Å². The van der Waals surface area contributed by atoms with Crippen LogP contribution >= 0.6 is 0 Å². The number of rotatable bonds is 9. The molecule has 100 valence electrons. The van der Waals surface area contributed by atoms with E-state index in [2.05, 4.69) is 12.4 Å². The molecule has 0 bridgehead atoms. The highest BCUT2D eigenvalue weighted by molar-refractivity contribution is 5.70.